The van der Waals surface area contributed by atoms with Gasteiger partial charge in [0, 0.05) is 19.8 Å². The van der Waals surface area contributed by atoms with Crippen LogP contribution in [-0.4, -0.2) is 37.2 Å². The van der Waals surface area contributed by atoms with Crippen molar-refractivity contribution in [1.82, 2.24) is 24.6 Å². The Balaban J connectivity index is 1.63. The van der Waals surface area contributed by atoms with Gasteiger partial charge < -0.3 is 10.2 Å². The zero-order chi connectivity index (χ0) is 17.6. The molecule has 0 radical (unpaired) electrons. The van der Waals surface area contributed by atoms with Gasteiger partial charge in [-0.25, -0.2) is 19.1 Å². The minimum atomic E-state index is -0.586. The van der Waals surface area contributed by atoms with Gasteiger partial charge in [0.05, 0.1) is 17.9 Å². The summed E-state index contributed by atoms with van der Waals surface area (Å²) in [5.41, 5.74) is -0.221. The molecule has 132 valence electrons. The SMILES string of the molecule is Cn1c(C2C(C3CC3)CCN2C(=O)Nc2ccncc2F)n[nH]c1=O. The normalized spacial score (nSPS) is 23.0. The van der Waals surface area contributed by atoms with E-state index in [2.05, 4.69) is 20.5 Å². The van der Waals surface area contributed by atoms with E-state index in [-0.39, 0.29) is 23.3 Å². The number of likely N-dealkylation sites (tertiary alicyclic amines) is 1. The van der Waals surface area contributed by atoms with Crippen molar-refractivity contribution in [2.75, 3.05) is 11.9 Å². The van der Waals surface area contributed by atoms with Crippen LogP contribution >= 0.6 is 0 Å². The van der Waals surface area contributed by atoms with Crippen LogP contribution < -0.4 is 11.0 Å². The van der Waals surface area contributed by atoms with Crippen molar-refractivity contribution in [3.63, 3.8) is 0 Å². The molecule has 1 saturated carbocycles. The number of hydrogen-bond acceptors (Lipinski definition) is 4. The Morgan fingerprint density at radius 1 is 1.40 bits per heavy atom. The van der Waals surface area contributed by atoms with Gasteiger partial charge in [0.2, 0.25) is 0 Å². The standard InChI is InChI=1S/C16H19FN6O2/c1-22-14(20-21-16(22)25)13-10(9-2-3-9)5-7-23(13)15(24)19-12-4-6-18-8-11(12)17/h4,6,8-10,13H,2-3,5,7H2,1H3,(H,21,25)(H,18,19,24). The molecule has 0 spiro atoms. The molecular weight excluding hydrogens is 327 g/mol. The quantitative estimate of drug-likeness (QED) is 0.883. The Hall–Kier alpha value is -2.71. The van der Waals surface area contributed by atoms with Crippen LogP contribution in [0.2, 0.25) is 0 Å². The van der Waals surface area contributed by atoms with Crippen LogP contribution in [0.4, 0.5) is 14.9 Å². The number of hydrogen-bond donors (Lipinski definition) is 2. The summed E-state index contributed by atoms with van der Waals surface area (Å²) in [6.07, 6.45) is 5.59. The Morgan fingerprint density at radius 3 is 2.84 bits per heavy atom. The zero-order valence-electron chi connectivity index (χ0n) is 13.8. The number of aromatic amines is 1. The lowest BCUT2D eigenvalue weighted by molar-refractivity contribution is 0.191. The maximum Gasteiger partial charge on any atom is 0.343 e. The molecule has 2 N–H and O–H groups in total. The summed E-state index contributed by atoms with van der Waals surface area (Å²) in [4.78, 5) is 29.9. The molecule has 1 aliphatic carbocycles. The van der Waals surface area contributed by atoms with E-state index >= 15 is 0 Å². The second kappa shape index (κ2) is 5.98. The fraction of sp³-hybridized carbons (Fsp3) is 0.500. The third-order valence-electron chi connectivity index (χ3n) is 5.13. The summed E-state index contributed by atoms with van der Waals surface area (Å²) in [6, 6.07) is 0.732. The molecule has 2 fully saturated rings. The van der Waals surface area contributed by atoms with Crippen molar-refractivity contribution >= 4 is 11.7 Å². The predicted octanol–water partition coefficient (Wildman–Crippen LogP) is 1.65. The molecule has 2 aromatic rings. The van der Waals surface area contributed by atoms with Crippen molar-refractivity contribution < 1.29 is 9.18 Å². The van der Waals surface area contributed by atoms with Crippen molar-refractivity contribution in [2.24, 2.45) is 18.9 Å². The Kier molecular flexibility index (Phi) is 3.78. The summed E-state index contributed by atoms with van der Waals surface area (Å²) in [6.45, 7) is 0.547. The van der Waals surface area contributed by atoms with Gasteiger partial charge in [0.15, 0.2) is 11.6 Å². The van der Waals surface area contributed by atoms with Crippen molar-refractivity contribution in [3.8, 4) is 0 Å². The molecule has 2 amide bonds. The summed E-state index contributed by atoms with van der Waals surface area (Å²) < 4.78 is 15.2. The lowest BCUT2D eigenvalue weighted by Crippen LogP contribution is -2.37. The Morgan fingerprint density at radius 2 is 2.20 bits per heavy atom. The highest BCUT2D eigenvalue weighted by molar-refractivity contribution is 5.89. The molecule has 3 heterocycles. The number of rotatable bonds is 3. The molecule has 2 unspecified atom stereocenters. The van der Waals surface area contributed by atoms with Crippen LogP contribution in [0.25, 0.3) is 0 Å². The van der Waals surface area contributed by atoms with Crippen LogP contribution in [0.3, 0.4) is 0 Å². The average Bonchev–Trinajstić information content (AvgIpc) is 3.27. The summed E-state index contributed by atoms with van der Waals surface area (Å²) in [5, 5.41) is 9.18. The van der Waals surface area contributed by atoms with E-state index in [1.165, 1.54) is 16.8 Å². The third kappa shape index (κ3) is 2.79. The highest BCUT2D eigenvalue weighted by Crippen LogP contribution is 2.49. The Labute approximate surface area is 143 Å². The summed E-state index contributed by atoms with van der Waals surface area (Å²) >= 11 is 0. The lowest BCUT2D eigenvalue weighted by atomic mass is 9.94. The third-order valence-corrected chi connectivity index (χ3v) is 5.13. The van der Waals surface area contributed by atoms with Gasteiger partial charge in [0.25, 0.3) is 0 Å². The van der Waals surface area contributed by atoms with E-state index in [1.807, 2.05) is 0 Å². The maximum absolute atomic E-state index is 13.8. The number of nitrogens with one attached hydrogen (secondary N) is 2. The van der Waals surface area contributed by atoms with Gasteiger partial charge >= 0.3 is 11.7 Å². The lowest BCUT2D eigenvalue weighted by Gasteiger charge is -2.27. The molecular formula is C16H19FN6O2. The first kappa shape index (κ1) is 15.8. The van der Waals surface area contributed by atoms with Crippen LogP contribution in [-0.2, 0) is 7.05 Å². The predicted molar refractivity (Wildman–Crippen MR) is 87.3 cm³/mol. The fourth-order valence-corrected chi connectivity index (χ4v) is 3.68. The number of carbonyl (C=O) groups excluding carboxylic acids is 1. The minimum Gasteiger partial charge on any atom is -0.314 e. The molecule has 2 atom stereocenters. The highest BCUT2D eigenvalue weighted by atomic mass is 19.1. The second-order valence-electron chi connectivity index (χ2n) is 6.66. The number of aromatic nitrogens is 4. The van der Waals surface area contributed by atoms with E-state index in [0.29, 0.717) is 18.3 Å². The monoisotopic (exact) mass is 346 g/mol. The highest BCUT2D eigenvalue weighted by Gasteiger charge is 2.47. The first-order valence-electron chi connectivity index (χ1n) is 8.34. The zero-order valence-corrected chi connectivity index (χ0v) is 13.8. The van der Waals surface area contributed by atoms with E-state index in [0.717, 1.165) is 25.5 Å². The number of carbonyl (C=O) groups is 1. The topological polar surface area (TPSA) is 95.9 Å². The molecule has 2 aliphatic rings. The van der Waals surface area contributed by atoms with Gasteiger partial charge in [-0.3, -0.25) is 9.55 Å². The van der Waals surface area contributed by atoms with E-state index in [9.17, 15) is 14.0 Å². The van der Waals surface area contributed by atoms with Gasteiger partial charge in [-0.05, 0) is 37.2 Å². The van der Waals surface area contributed by atoms with Gasteiger partial charge in [-0.1, -0.05) is 0 Å². The molecule has 25 heavy (non-hydrogen) atoms. The summed E-state index contributed by atoms with van der Waals surface area (Å²) in [5.74, 6) is 0.774. The second-order valence-corrected chi connectivity index (χ2v) is 6.66. The number of nitrogens with zero attached hydrogens (tertiary/aromatic N) is 4. The van der Waals surface area contributed by atoms with Crippen molar-refractivity contribution in [3.05, 3.63) is 40.6 Å². The number of amides is 2. The average molecular weight is 346 g/mol. The molecule has 1 saturated heterocycles. The smallest absolute Gasteiger partial charge is 0.314 e. The number of halogens is 1. The van der Waals surface area contributed by atoms with Crippen molar-refractivity contribution in [1.29, 1.82) is 0 Å². The first-order valence-corrected chi connectivity index (χ1v) is 8.34. The van der Waals surface area contributed by atoms with E-state index < -0.39 is 11.8 Å². The number of pyridine rings is 1. The van der Waals surface area contributed by atoms with Crippen molar-refractivity contribution in [2.45, 2.75) is 25.3 Å². The van der Waals surface area contributed by atoms with E-state index in [4.69, 9.17) is 0 Å². The van der Waals surface area contributed by atoms with Crippen LogP contribution in [0, 0.1) is 17.7 Å². The number of anilines is 1. The van der Waals surface area contributed by atoms with Crippen LogP contribution in [0.1, 0.15) is 31.1 Å². The minimum absolute atomic E-state index is 0.0875. The first-order chi connectivity index (χ1) is 12.1. The van der Waals surface area contributed by atoms with Gasteiger partial charge in [-0.2, -0.15) is 5.10 Å². The summed E-state index contributed by atoms with van der Waals surface area (Å²) in [7, 11) is 1.64. The van der Waals surface area contributed by atoms with Gasteiger partial charge in [-0.15, -0.1) is 0 Å². The molecule has 0 aromatic carbocycles. The molecule has 8 nitrogen and oxygen atoms in total. The molecule has 4 rings (SSSR count). The maximum atomic E-state index is 13.8. The number of H-pyrrole nitrogens is 1. The molecule has 1 aliphatic heterocycles. The molecule has 9 heteroatoms. The van der Waals surface area contributed by atoms with Crippen LogP contribution in [0.15, 0.2) is 23.3 Å². The Bertz CT molecular complexity index is 858. The van der Waals surface area contributed by atoms with Crippen LogP contribution in [0.5, 0.6) is 0 Å². The largest absolute Gasteiger partial charge is 0.343 e. The van der Waals surface area contributed by atoms with E-state index in [1.54, 1.807) is 11.9 Å². The molecule has 2 aromatic heterocycles. The van der Waals surface area contributed by atoms with Gasteiger partial charge in [0.1, 0.15) is 0 Å². The fourth-order valence-electron chi connectivity index (χ4n) is 3.68. The number of urea groups is 1. The molecule has 0 bridgehead atoms.